The van der Waals surface area contributed by atoms with Crippen LogP contribution in [-0.4, -0.2) is 0 Å². The number of thiophene rings is 1. The average Bonchev–Trinajstić information content (AvgIpc) is 2.54. The largest absolute Gasteiger partial charge is 0.321 e. The standard InChI is InChI=1S/C11H17NS/c1-9-5-6-10(13-9)11(12)7-3-2-4-8-11/h5-6H,2-4,7-8,12H2,1H3. The highest BCUT2D eigenvalue weighted by atomic mass is 32.1. The van der Waals surface area contributed by atoms with Gasteiger partial charge in [-0.2, -0.15) is 0 Å². The fraction of sp³-hybridized carbons (Fsp3) is 0.636. The highest BCUT2D eigenvalue weighted by molar-refractivity contribution is 7.12. The Bertz CT molecular complexity index is 284. The summed E-state index contributed by atoms with van der Waals surface area (Å²) >= 11 is 1.87. The molecule has 1 nitrogen and oxygen atoms in total. The van der Waals surface area contributed by atoms with Crippen LogP contribution >= 0.6 is 11.3 Å². The Balaban J connectivity index is 2.22. The van der Waals surface area contributed by atoms with Gasteiger partial charge >= 0.3 is 0 Å². The van der Waals surface area contributed by atoms with E-state index < -0.39 is 0 Å². The normalized spacial score (nSPS) is 21.7. The first-order valence-electron chi connectivity index (χ1n) is 5.06. The van der Waals surface area contributed by atoms with Crippen LogP contribution in [0.3, 0.4) is 0 Å². The molecule has 1 saturated carbocycles. The van der Waals surface area contributed by atoms with Gasteiger partial charge in [0.05, 0.1) is 5.54 Å². The lowest BCUT2D eigenvalue weighted by atomic mass is 9.81. The molecule has 2 heteroatoms. The number of nitrogens with two attached hydrogens (primary N) is 1. The topological polar surface area (TPSA) is 26.0 Å². The molecule has 0 aliphatic heterocycles. The van der Waals surface area contributed by atoms with E-state index in [-0.39, 0.29) is 5.54 Å². The van der Waals surface area contributed by atoms with E-state index in [4.69, 9.17) is 5.73 Å². The van der Waals surface area contributed by atoms with Crippen LogP contribution in [0.1, 0.15) is 41.9 Å². The second-order valence-corrected chi connectivity index (χ2v) is 5.41. The molecule has 0 spiro atoms. The third-order valence-electron chi connectivity index (χ3n) is 2.98. The molecule has 1 aromatic heterocycles. The van der Waals surface area contributed by atoms with Crippen LogP contribution in [0.25, 0.3) is 0 Å². The van der Waals surface area contributed by atoms with E-state index in [1.807, 2.05) is 11.3 Å². The maximum atomic E-state index is 6.40. The smallest absolute Gasteiger partial charge is 0.0503 e. The van der Waals surface area contributed by atoms with Crippen molar-refractivity contribution in [2.75, 3.05) is 0 Å². The van der Waals surface area contributed by atoms with Crippen molar-refractivity contribution in [3.8, 4) is 0 Å². The van der Waals surface area contributed by atoms with Gasteiger partial charge in [0.2, 0.25) is 0 Å². The van der Waals surface area contributed by atoms with E-state index in [2.05, 4.69) is 19.1 Å². The molecule has 0 saturated heterocycles. The lowest BCUT2D eigenvalue weighted by molar-refractivity contribution is 0.308. The molecule has 72 valence electrons. The third kappa shape index (κ3) is 1.79. The lowest BCUT2D eigenvalue weighted by Crippen LogP contribution is -2.37. The van der Waals surface area contributed by atoms with Gasteiger partial charge in [0.25, 0.3) is 0 Å². The van der Waals surface area contributed by atoms with Gasteiger partial charge in [-0.05, 0) is 31.9 Å². The fourth-order valence-corrected chi connectivity index (χ4v) is 3.16. The summed E-state index contributed by atoms with van der Waals surface area (Å²) in [5, 5.41) is 0. The van der Waals surface area contributed by atoms with E-state index >= 15 is 0 Å². The molecule has 13 heavy (non-hydrogen) atoms. The highest BCUT2D eigenvalue weighted by Gasteiger charge is 2.30. The first kappa shape index (κ1) is 9.22. The van der Waals surface area contributed by atoms with Crippen molar-refractivity contribution in [3.63, 3.8) is 0 Å². The second-order valence-electron chi connectivity index (χ2n) is 4.13. The van der Waals surface area contributed by atoms with Gasteiger partial charge in [0.15, 0.2) is 0 Å². The van der Waals surface area contributed by atoms with Crippen LogP contribution in [0.5, 0.6) is 0 Å². The predicted octanol–water partition coefficient (Wildman–Crippen LogP) is 3.17. The van der Waals surface area contributed by atoms with E-state index in [9.17, 15) is 0 Å². The minimum absolute atomic E-state index is 0.0111. The number of hydrogen-bond donors (Lipinski definition) is 1. The average molecular weight is 195 g/mol. The third-order valence-corrected chi connectivity index (χ3v) is 4.20. The van der Waals surface area contributed by atoms with Crippen molar-refractivity contribution < 1.29 is 0 Å². The number of rotatable bonds is 1. The molecule has 0 radical (unpaired) electrons. The first-order valence-corrected chi connectivity index (χ1v) is 5.88. The van der Waals surface area contributed by atoms with Crippen LogP contribution in [0.4, 0.5) is 0 Å². The van der Waals surface area contributed by atoms with Gasteiger partial charge in [-0.15, -0.1) is 11.3 Å². The van der Waals surface area contributed by atoms with Crippen molar-refractivity contribution in [2.24, 2.45) is 5.73 Å². The van der Waals surface area contributed by atoms with E-state index in [1.54, 1.807) is 0 Å². The molecule has 1 fully saturated rings. The summed E-state index contributed by atoms with van der Waals surface area (Å²) in [6.45, 7) is 2.15. The molecular formula is C11H17NS. The quantitative estimate of drug-likeness (QED) is 0.732. The van der Waals surface area contributed by atoms with Gasteiger partial charge in [-0.3, -0.25) is 0 Å². The molecule has 1 aliphatic carbocycles. The molecule has 2 rings (SSSR count). The van der Waals surface area contributed by atoms with E-state index in [1.165, 1.54) is 41.9 Å². The zero-order valence-electron chi connectivity index (χ0n) is 8.18. The van der Waals surface area contributed by atoms with E-state index in [0.717, 1.165) is 0 Å². The van der Waals surface area contributed by atoms with Gasteiger partial charge in [-0.1, -0.05) is 19.3 Å². The summed E-state index contributed by atoms with van der Waals surface area (Å²) in [5.74, 6) is 0. The summed E-state index contributed by atoms with van der Waals surface area (Å²) < 4.78 is 0. The number of hydrogen-bond acceptors (Lipinski definition) is 2. The first-order chi connectivity index (χ1) is 6.21. The molecule has 0 unspecified atom stereocenters. The molecule has 0 amide bonds. The Labute approximate surface area is 84.0 Å². The van der Waals surface area contributed by atoms with Crippen molar-refractivity contribution >= 4 is 11.3 Å². The lowest BCUT2D eigenvalue weighted by Gasteiger charge is -2.32. The Kier molecular flexibility index (Phi) is 2.43. The summed E-state index contributed by atoms with van der Waals surface area (Å²) in [4.78, 5) is 2.77. The molecule has 0 aromatic carbocycles. The highest BCUT2D eigenvalue weighted by Crippen LogP contribution is 2.37. The Morgan fingerprint density at radius 1 is 1.23 bits per heavy atom. The Hall–Kier alpha value is -0.340. The van der Waals surface area contributed by atoms with Crippen LogP contribution in [0.2, 0.25) is 0 Å². The maximum Gasteiger partial charge on any atom is 0.0503 e. The van der Waals surface area contributed by atoms with Gasteiger partial charge in [0, 0.05) is 9.75 Å². The summed E-state index contributed by atoms with van der Waals surface area (Å²) in [6, 6.07) is 4.40. The van der Waals surface area contributed by atoms with Crippen molar-refractivity contribution in [1.29, 1.82) is 0 Å². The summed E-state index contributed by atoms with van der Waals surface area (Å²) in [6.07, 6.45) is 6.31. The molecule has 0 atom stereocenters. The van der Waals surface area contributed by atoms with Crippen LogP contribution in [-0.2, 0) is 5.54 Å². The minimum atomic E-state index is 0.0111. The van der Waals surface area contributed by atoms with Crippen LogP contribution < -0.4 is 5.73 Å². The molecule has 1 heterocycles. The molecule has 0 bridgehead atoms. The maximum absolute atomic E-state index is 6.40. The van der Waals surface area contributed by atoms with Gasteiger partial charge in [0.1, 0.15) is 0 Å². The zero-order chi connectivity index (χ0) is 9.31. The predicted molar refractivity (Wildman–Crippen MR) is 58.0 cm³/mol. The molecule has 2 N–H and O–H groups in total. The Morgan fingerprint density at radius 2 is 1.92 bits per heavy atom. The SMILES string of the molecule is Cc1ccc(C2(N)CCCCC2)s1. The van der Waals surface area contributed by atoms with Crippen molar-refractivity contribution in [1.82, 2.24) is 0 Å². The zero-order valence-corrected chi connectivity index (χ0v) is 8.99. The molecule has 1 aromatic rings. The molecule has 1 aliphatic rings. The summed E-state index contributed by atoms with van der Waals surface area (Å²) in [5.41, 5.74) is 6.42. The van der Waals surface area contributed by atoms with Crippen molar-refractivity contribution in [3.05, 3.63) is 21.9 Å². The fourth-order valence-electron chi connectivity index (χ4n) is 2.13. The van der Waals surface area contributed by atoms with Gasteiger partial charge < -0.3 is 5.73 Å². The Morgan fingerprint density at radius 3 is 2.46 bits per heavy atom. The van der Waals surface area contributed by atoms with E-state index in [0.29, 0.717) is 0 Å². The minimum Gasteiger partial charge on any atom is -0.321 e. The van der Waals surface area contributed by atoms with Crippen LogP contribution in [0.15, 0.2) is 12.1 Å². The second kappa shape index (κ2) is 3.43. The van der Waals surface area contributed by atoms with Gasteiger partial charge in [-0.25, -0.2) is 0 Å². The monoisotopic (exact) mass is 195 g/mol. The number of aryl methyl sites for hydroxylation is 1. The van der Waals surface area contributed by atoms with Crippen molar-refractivity contribution in [2.45, 2.75) is 44.6 Å². The summed E-state index contributed by atoms with van der Waals surface area (Å²) in [7, 11) is 0. The van der Waals surface area contributed by atoms with Crippen LogP contribution in [0, 0.1) is 6.92 Å². The molecular weight excluding hydrogens is 178 g/mol.